The average molecular weight is 233 g/mol. The van der Waals surface area contributed by atoms with Gasteiger partial charge in [-0.3, -0.25) is 0 Å². The van der Waals surface area contributed by atoms with Crippen molar-refractivity contribution in [1.29, 1.82) is 0 Å². The van der Waals surface area contributed by atoms with Crippen molar-refractivity contribution in [2.75, 3.05) is 7.11 Å². The van der Waals surface area contributed by atoms with Gasteiger partial charge in [-0.15, -0.1) is 0 Å². The fourth-order valence-corrected chi connectivity index (χ4v) is 2.45. The van der Waals surface area contributed by atoms with E-state index in [0.717, 1.165) is 17.7 Å². The van der Waals surface area contributed by atoms with Gasteiger partial charge in [0, 0.05) is 12.1 Å². The first-order valence-corrected chi connectivity index (χ1v) is 6.64. The molecule has 1 aliphatic rings. The molecule has 0 amide bonds. The van der Waals surface area contributed by atoms with E-state index >= 15 is 0 Å². The zero-order valence-corrected chi connectivity index (χ0v) is 11.1. The maximum absolute atomic E-state index is 5.17. The van der Waals surface area contributed by atoms with Crippen LogP contribution in [-0.4, -0.2) is 13.2 Å². The van der Waals surface area contributed by atoms with E-state index < -0.39 is 0 Å². The monoisotopic (exact) mass is 233 g/mol. The number of methoxy groups -OCH3 is 1. The van der Waals surface area contributed by atoms with Crippen LogP contribution >= 0.6 is 0 Å². The molecule has 0 bridgehead atoms. The van der Waals surface area contributed by atoms with Crippen molar-refractivity contribution >= 4 is 0 Å². The summed E-state index contributed by atoms with van der Waals surface area (Å²) in [5, 5.41) is 3.70. The highest BCUT2D eigenvalue weighted by molar-refractivity contribution is 5.29. The number of nitrogens with one attached hydrogen (secondary N) is 1. The summed E-state index contributed by atoms with van der Waals surface area (Å²) in [6, 6.07) is 9.54. The molecule has 3 unspecified atom stereocenters. The van der Waals surface area contributed by atoms with Crippen LogP contribution in [0, 0.1) is 5.92 Å². The van der Waals surface area contributed by atoms with Crippen molar-refractivity contribution in [1.82, 2.24) is 5.32 Å². The minimum absolute atomic E-state index is 0.438. The largest absolute Gasteiger partial charge is 0.497 e. The molecule has 3 atom stereocenters. The SMILES string of the molecule is CCCC1CC1NC(C)c1ccc(OC)cc1. The summed E-state index contributed by atoms with van der Waals surface area (Å²) < 4.78 is 5.17. The van der Waals surface area contributed by atoms with Gasteiger partial charge < -0.3 is 10.1 Å². The zero-order valence-electron chi connectivity index (χ0n) is 11.1. The molecule has 0 spiro atoms. The molecule has 0 saturated heterocycles. The van der Waals surface area contributed by atoms with Crippen LogP contribution in [0.3, 0.4) is 0 Å². The molecular formula is C15H23NO. The van der Waals surface area contributed by atoms with Gasteiger partial charge >= 0.3 is 0 Å². The molecule has 0 radical (unpaired) electrons. The van der Waals surface area contributed by atoms with Crippen molar-refractivity contribution in [2.24, 2.45) is 5.92 Å². The Morgan fingerprint density at radius 2 is 2.06 bits per heavy atom. The van der Waals surface area contributed by atoms with Crippen LogP contribution in [0.15, 0.2) is 24.3 Å². The molecule has 0 heterocycles. The summed E-state index contributed by atoms with van der Waals surface area (Å²) in [5.74, 6) is 1.84. The maximum Gasteiger partial charge on any atom is 0.118 e. The van der Waals surface area contributed by atoms with Crippen LogP contribution < -0.4 is 10.1 Å². The van der Waals surface area contributed by atoms with Crippen LogP contribution in [0.1, 0.15) is 44.7 Å². The van der Waals surface area contributed by atoms with E-state index in [-0.39, 0.29) is 0 Å². The quantitative estimate of drug-likeness (QED) is 0.811. The van der Waals surface area contributed by atoms with E-state index in [1.54, 1.807) is 7.11 Å². The highest BCUT2D eigenvalue weighted by atomic mass is 16.5. The topological polar surface area (TPSA) is 21.3 Å². The smallest absolute Gasteiger partial charge is 0.118 e. The second kappa shape index (κ2) is 5.54. The summed E-state index contributed by atoms with van der Waals surface area (Å²) in [7, 11) is 1.70. The van der Waals surface area contributed by atoms with E-state index in [0.29, 0.717) is 6.04 Å². The Kier molecular flexibility index (Phi) is 4.06. The van der Waals surface area contributed by atoms with E-state index in [4.69, 9.17) is 4.74 Å². The van der Waals surface area contributed by atoms with E-state index in [1.165, 1.54) is 24.8 Å². The molecule has 0 aliphatic heterocycles. The van der Waals surface area contributed by atoms with Crippen LogP contribution in [-0.2, 0) is 0 Å². The number of rotatable bonds is 6. The summed E-state index contributed by atoms with van der Waals surface area (Å²) in [5.41, 5.74) is 1.34. The van der Waals surface area contributed by atoms with Crippen LogP contribution in [0.4, 0.5) is 0 Å². The predicted molar refractivity (Wildman–Crippen MR) is 71.3 cm³/mol. The fourth-order valence-electron chi connectivity index (χ4n) is 2.45. The van der Waals surface area contributed by atoms with Crippen molar-refractivity contribution in [2.45, 2.75) is 45.2 Å². The van der Waals surface area contributed by atoms with Gasteiger partial charge in [-0.1, -0.05) is 25.5 Å². The number of benzene rings is 1. The number of hydrogen-bond donors (Lipinski definition) is 1. The third kappa shape index (κ3) is 3.22. The Morgan fingerprint density at radius 3 is 2.65 bits per heavy atom. The molecule has 2 rings (SSSR count). The molecule has 1 aromatic carbocycles. The minimum Gasteiger partial charge on any atom is -0.497 e. The zero-order chi connectivity index (χ0) is 12.3. The molecule has 1 fully saturated rings. The van der Waals surface area contributed by atoms with E-state index in [9.17, 15) is 0 Å². The van der Waals surface area contributed by atoms with Crippen molar-refractivity contribution in [3.8, 4) is 5.75 Å². The Hall–Kier alpha value is -1.02. The molecule has 94 valence electrons. The second-order valence-corrected chi connectivity index (χ2v) is 5.05. The third-order valence-electron chi connectivity index (χ3n) is 3.66. The summed E-state index contributed by atoms with van der Waals surface area (Å²) >= 11 is 0. The lowest BCUT2D eigenvalue weighted by Gasteiger charge is -2.14. The number of ether oxygens (including phenoxy) is 1. The highest BCUT2D eigenvalue weighted by Crippen LogP contribution is 2.36. The van der Waals surface area contributed by atoms with Gasteiger partial charge in [0.15, 0.2) is 0 Å². The van der Waals surface area contributed by atoms with E-state index in [1.807, 2.05) is 12.1 Å². The summed E-state index contributed by atoms with van der Waals surface area (Å²) in [4.78, 5) is 0. The lowest BCUT2D eigenvalue weighted by molar-refractivity contribution is 0.414. The van der Waals surface area contributed by atoms with E-state index in [2.05, 4.69) is 31.3 Å². The molecule has 1 saturated carbocycles. The minimum atomic E-state index is 0.438. The fraction of sp³-hybridized carbons (Fsp3) is 0.600. The Balaban J connectivity index is 1.85. The molecule has 17 heavy (non-hydrogen) atoms. The van der Waals surface area contributed by atoms with Crippen molar-refractivity contribution in [3.05, 3.63) is 29.8 Å². The third-order valence-corrected chi connectivity index (χ3v) is 3.66. The normalized spacial score (nSPS) is 24.4. The molecule has 0 aromatic heterocycles. The lowest BCUT2D eigenvalue weighted by atomic mass is 10.1. The first kappa shape index (κ1) is 12.4. The van der Waals surface area contributed by atoms with Gasteiger partial charge in [-0.25, -0.2) is 0 Å². The van der Waals surface area contributed by atoms with Gasteiger partial charge in [0.2, 0.25) is 0 Å². The Bertz CT molecular complexity index is 346. The van der Waals surface area contributed by atoms with Gasteiger partial charge in [-0.05, 0) is 43.4 Å². The first-order chi connectivity index (χ1) is 8.24. The van der Waals surface area contributed by atoms with Crippen molar-refractivity contribution < 1.29 is 4.74 Å². The number of hydrogen-bond acceptors (Lipinski definition) is 2. The molecule has 2 heteroatoms. The first-order valence-electron chi connectivity index (χ1n) is 6.64. The summed E-state index contributed by atoms with van der Waals surface area (Å²) in [6.07, 6.45) is 4.03. The van der Waals surface area contributed by atoms with Gasteiger partial charge in [0.1, 0.15) is 5.75 Å². The second-order valence-electron chi connectivity index (χ2n) is 5.05. The van der Waals surface area contributed by atoms with Gasteiger partial charge in [0.05, 0.1) is 7.11 Å². The Labute approximate surface area is 104 Å². The highest BCUT2D eigenvalue weighted by Gasteiger charge is 2.36. The molecule has 1 aromatic rings. The predicted octanol–water partition coefficient (Wildman–Crippen LogP) is 3.53. The molecule has 2 nitrogen and oxygen atoms in total. The van der Waals surface area contributed by atoms with Crippen molar-refractivity contribution in [3.63, 3.8) is 0 Å². The lowest BCUT2D eigenvalue weighted by Crippen LogP contribution is -2.22. The molecular weight excluding hydrogens is 210 g/mol. The standard InChI is InChI=1S/C15H23NO/c1-4-5-13-10-15(13)16-11(2)12-6-8-14(17-3)9-7-12/h6-9,11,13,15-16H,4-5,10H2,1-3H3. The molecule has 1 N–H and O–H groups in total. The maximum atomic E-state index is 5.17. The van der Waals surface area contributed by atoms with Gasteiger partial charge in [-0.2, -0.15) is 0 Å². The average Bonchev–Trinajstić information content (AvgIpc) is 3.08. The summed E-state index contributed by atoms with van der Waals surface area (Å²) in [6.45, 7) is 4.51. The van der Waals surface area contributed by atoms with Crippen LogP contribution in [0.2, 0.25) is 0 Å². The Morgan fingerprint density at radius 1 is 1.35 bits per heavy atom. The molecule has 1 aliphatic carbocycles. The van der Waals surface area contributed by atoms with Gasteiger partial charge in [0.25, 0.3) is 0 Å². The van der Waals surface area contributed by atoms with Crippen LogP contribution in [0.5, 0.6) is 5.75 Å². The van der Waals surface area contributed by atoms with Crippen LogP contribution in [0.25, 0.3) is 0 Å².